The lowest BCUT2D eigenvalue weighted by molar-refractivity contribution is 0.0327. The average Bonchev–Trinajstić information content (AvgIpc) is 2.74. The van der Waals surface area contributed by atoms with Crippen LogP contribution in [0.3, 0.4) is 0 Å². The first-order valence-electron chi connectivity index (χ1n) is 12.0. The summed E-state index contributed by atoms with van der Waals surface area (Å²) < 4.78 is 11.1. The van der Waals surface area contributed by atoms with E-state index in [-0.39, 0.29) is 32.3 Å². The molecule has 0 spiro atoms. The van der Waals surface area contributed by atoms with Gasteiger partial charge in [-0.2, -0.15) is 0 Å². The zero-order valence-corrected chi connectivity index (χ0v) is 19.9. The topological polar surface area (TPSA) is 109 Å². The normalized spacial score (nSPS) is 16.3. The fourth-order valence-corrected chi connectivity index (χ4v) is 3.45. The summed E-state index contributed by atoms with van der Waals surface area (Å²) in [5.74, 6) is 1.61. The SMILES string of the molecule is CCCC(CC)CCOCC(O)CN=C(N)NCC(O)COCCC(CC)CCC. The van der Waals surface area contributed by atoms with Crippen molar-refractivity contribution in [3.8, 4) is 0 Å². The molecule has 0 radical (unpaired) electrons. The third-order valence-corrected chi connectivity index (χ3v) is 5.50. The molecule has 180 valence electrons. The molecule has 0 amide bonds. The molecule has 0 aliphatic carbocycles. The highest BCUT2D eigenvalue weighted by atomic mass is 16.5. The van der Waals surface area contributed by atoms with Crippen molar-refractivity contribution in [2.45, 2.75) is 91.3 Å². The van der Waals surface area contributed by atoms with Crippen molar-refractivity contribution in [3.05, 3.63) is 0 Å². The molecule has 0 aliphatic heterocycles. The van der Waals surface area contributed by atoms with Crippen LogP contribution in [0.2, 0.25) is 0 Å². The Bertz CT molecular complexity index is 410. The lowest BCUT2D eigenvalue weighted by Gasteiger charge is -2.16. The molecule has 4 unspecified atom stereocenters. The highest BCUT2D eigenvalue weighted by Crippen LogP contribution is 2.15. The van der Waals surface area contributed by atoms with Gasteiger partial charge in [0, 0.05) is 19.8 Å². The molecule has 4 atom stereocenters. The average molecular weight is 432 g/mol. The summed E-state index contributed by atoms with van der Waals surface area (Å²) in [4.78, 5) is 4.11. The van der Waals surface area contributed by atoms with Crippen LogP contribution in [0.5, 0.6) is 0 Å². The molecule has 0 saturated carbocycles. The Morgan fingerprint density at radius 2 is 1.33 bits per heavy atom. The summed E-state index contributed by atoms with van der Waals surface area (Å²) in [6.07, 6.45) is 7.92. The van der Waals surface area contributed by atoms with E-state index in [0.717, 1.165) is 12.8 Å². The van der Waals surface area contributed by atoms with Crippen molar-refractivity contribution >= 4 is 5.96 Å². The maximum atomic E-state index is 9.98. The molecule has 0 heterocycles. The Labute approximate surface area is 184 Å². The molecular formula is C23H49N3O4. The second-order valence-corrected chi connectivity index (χ2v) is 8.27. The number of rotatable bonds is 20. The molecule has 0 rings (SSSR count). The molecule has 0 aromatic rings. The number of ether oxygens (including phenoxy) is 2. The van der Waals surface area contributed by atoms with Crippen molar-refractivity contribution in [1.82, 2.24) is 5.32 Å². The lowest BCUT2D eigenvalue weighted by atomic mass is 9.98. The van der Waals surface area contributed by atoms with Crippen LogP contribution in [0.1, 0.15) is 79.1 Å². The van der Waals surface area contributed by atoms with Gasteiger partial charge in [0.2, 0.25) is 0 Å². The van der Waals surface area contributed by atoms with Crippen molar-refractivity contribution in [3.63, 3.8) is 0 Å². The summed E-state index contributed by atoms with van der Waals surface area (Å²) in [7, 11) is 0. The predicted octanol–water partition coefficient (Wildman–Crippen LogP) is 3.08. The van der Waals surface area contributed by atoms with Crippen LogP contribution in [-0.4, -0.2) is 67.9 Å². The fraction of sp³-hybridized carbons (Fsp3) is 0.957. The molecule has 30 heavy (non-hydrogen) atoms. The van der Waals surface area contributed by atoms with Crippen molar-refractivity contribution in [2.24, 2.45) is 22.6 Å². The third-order valence-electron chi connectivity index (χ3n) is 5.50. The molecule has 0 saturated heterocycles. The number of hydrogen-bond acceptors (Lipinski definition) is 5. The van der Waals surface area contributed by atoms with Gasteiger partial charge in [-0.3, -0.25) is 4.99 Å². The minimum Gasteiger partial charge on any atom is -0.389 e. The summed E-state index contributed by atoms with van der Waals surface area (Å²) in [6.45, 7) is 11.1. The van der Waals surface area contributed by atoms with Crippen LogP contribution >= 0.6 is 0 Å². The summed E-state index contributed by atoms with van der Waals surface area (Å²) >= 11 is 0. The number of hydrogen-bond donors (Lipinski definition) is 4. The van der Waals surface area contributed by atoms with E-state index >= 15 is 0 Å². The van der Waals surface area contributed by atoms with Gasteiger partial charge in [0.25, 0.3) is 0 Å². The molecule has 0 fully saturated rings. The van der Waals surface area contributed by atoms with Gasteiger partial charge in [-0.05, 0) is 24.7 Å². The van der Waals surface area contributed by atoms with Crippen LogP contribution in [0.25, 0.3) is 0 Å². The van der Waals surface area contributed by atoms with E-state index in [0.29, 0.717) is 25.0 Å². The van der Waals surface area contributed by atoms with E-state index in [1.165, 1.54) is 38.5 Å². The molecule has 7 heteroatoms. The van der Waals surface area contributed by atoms with Crippen molar-refractivity contribution in [1.29, 1.82) is 0 Å². The Morgan fingerprint density at radius 3 is 1.80 bits per heavy atom. The van der Waals surface area contributed by atoms with E-state index in [2.05, 4.69) is 38.0 Å². The highest BCUT2D eigenvalue weighted by molar-refractivity contribution is 5.77. The molecule has 0 bridgehead atoms. The Morgan fingerprint density at radius 1 is 0.833 bits per heavy atom. The van der Waals surface area contributed by atoms with Crippen LogP contribution in [-0.2, 0) is 9.47 Å². The van der Waals surface area contributed by atoms with Gasteiger partial charge in [-0.1, -0.05) is 66.2 Å². The molecule has 5 N–H and O–H groups in total. The van der Waals surface area contributed by atoms with Gasteiger partial charge in [0.15, 0.2) is 5.96 Å². The molecule has 0 aromatic heterocycles. The first-order valence-corrected chi connectivity index (χ1v) is 12.0. The zero-order chi connectivity index (χ0) is 22.6. The maximum Gasteiger partial charge on any atom is 0.188 e. The Hall–Kier alpha value is -0.890. The van der Waals surface area contributed by atoms with Gasteiger partial charge in [-0.15, -0.1) is 0 Å². The largest absolute Gasteiger partial charge is 0.389 e. The third kappa shape index (κ3) is 16.9. The van der Waals surface area contributed by atoms with E-state index in [4.69, 9.17) is 15.2 Å². The molecular weight excluding hydrogens is 382 g/mol. The minimum atomic E-state index is -0.681. The number of nitrogens with one attached hydrogen (secondary N) is 1. The minimum absolute atomic E-state index is 0.174. The van der Waals surface area contributed by atoms with E-state index in [9.17, 15) is 10.2 Å². The van der Waals surface area contributed by atoms with Crippen molar-refractivity contribution < 1.29 is 19.7 Å². The van der Waals surface area contributed by atoms with Crippen LogP contribution in [0.4, 0.5) is 0 Å². The molecule has 7 nitrogen and oxygen atoms in total. The number of nitrogens with zero attached hydrogens (tertiary/aromatic N) is 1. The number of guanidine groups is 1. The monoisotopic (exact) mass is 431 g/mol. The van der Waals surface area contributed by atoms with Gasteiger partial charge in [0.1, 0.15) is 0 Å². The second-order valence-electron chi connectivity index (χ2n) is 8.27. The number of aliphatic hydroxyl groups excluding tert-OH is 2. The summed E-state index contributed by atoms with van der Waals surface area (Å²) in [5, 5.41) is 22.8. The predicted molar refractivity (Wildman–Crippen MR) is 125 cm³/mol. The van der Waals surface area contributed by atoms with Gasteiger partial charge in [-0.25, -0.2) is 0 Å². The standard InChI is InChI=1S/C23H49N3O4/c1-5-9-19(7-3)11-13-29-17-21(27)15-25-23(24)26-16-22(28)18-30-14-12-20(8-4)10-6-2/h19-22,27-28H,5-18H2,1-4H3,(H3,24,25,26). The number of aliphatic hydroxyl groups is 2. The van der Waals surface area contributed by atoms with Gasteiger partial charge < -0.3 is 30.7 Å². The Balaban J connectivity index is 3.82. The van der Waals surface area contributed by atoms with Crippen LogP contribution in [0, 0.1) is 11.8 Å². The van der Waals surface area contributed by atoms with Crippen LogP contribution < -0.4 is 11.1 Å². The summed E-state index contributed by atoms with van der Waals surface area (Å²) in [6, 6.07) is 0. The van der Waals surface area contributed by atoms with Crippen LogP contribution in [0.15, 0.2) is 4.99 Å². The quantitative estimate of drug-likeness (QED) is 0.134. The highest BCUT2D eigenvalue weighted by Gasteiger charge is 2.09. The first-order chi connectivity index (χ1) is 14.5. The van der Waals surface area contributed by atoms with Gasteiger partial charge >= 0.3 is 0 Å². The van der Waals surface area contributed by atoms with E-state index in [1.807, 2.05) is 0 Å². The second kappa shape index (κ2) is 20.0. The number of nitrogens with two attached hydrogens (primary N) is 1. The summed E-state index contributed by atoms with van der Waals surface area (Å²) in [5.41, 5.74) is 5.80. The maximum absolute atomic E-state index is 9.98. The first kappa shape index (κ1) is 29.1. The van der Waals surface area contributed by atoms with Crippen molar-refractivity contribution in [2.75, 3.05) is 39.5 Å². The van der Waals surface area contributed by atoms with E-state index < -0.39 is 12.2 Å². The molecule has 0 aromatic carbocycles. The smallest absolute Gasteiger partial charge is 0.188 e. The fourth-order valence-electron chi connectivity index (χ4n) is 3.45. The zero-order valence-electron chi connectivity index (χ0n) is 19.9. The Kier molecular flexibility index (Phi) is 19.4. The number of aliphatic imine (C=N–C) groups is 1. The van der Waals surface area contributed by atoms with E-state index in [1.54, 1.807) is 0 Å². The lowest BCUT2D eigenvalue weighted by Crippen LogP contribution is -2.39. The van der Waals surface area contributed by atoms with Gasteiger partial charge in [0.05, 0.1) is 32.0 Å². The molecule has 0 aliphatic rings.